The van der Waals surface area contributed by atoms with Gasteiger partial charge < -0.3 is 5.73 Å². The summed E-state index contributed by atoms with van der Waals surface area (Å²) in [6.07, 6.45) is 5.76. The third-order valence-corrected chi connectivity index (χ3v) is 4.35. The first-order chi connectivity index (χ1) is 9.76. The fourth-order valence-corrected chi connectivity index (χ4v) is 3.27. The minimum atomic E-state index is 0.113. The number of rotatable bonds is 5. The van der Waals surface area contributed by atoms with Crippen LogP contribution < -0.4 is 5.73 Å². The lowest BCUT2D eigenvalue weighted by molar-refractivity contribution is 0.301. The second-order valence-corrected chi connectivity index (χ2v) is 5.90. The molecule has 2 aromatic rings. The average Bonchev–Trinajstić information content (AvgIpc) is 3.04. The predicted molar refractivity (Wildman–Crippen MR) is 79.4 cm³/mol. The lowest BCUT2D eigenvalue weighted by atomic mass is 9.81. The lowest BCUT2D eigenvalue weighted by Crippen LogP contribution is -2.34. The highest BCUT2D eigenvalue weighted by Crippen LogP contribution is 2.38. The Hall–Kier alpha value is -1.68. The number of hydrogen-bond acceptors (Lipinski definition) is 3. The Bertz CT molecular complexity index is 563. The minimum Gasteiger partial charge on any atom is -0.330 e. The van der Waals surface area contributed by atoms with Gasteiger partial charge in [-0.25, -0.2) is 4.98 Å². The number of benzene rings is 1. The number of aromatic nitrogens is 3. The van der Waals surface area contributed by atoms with Gasteiger partial charge in [-0.3, -0.25) is 4.68 Å². The molecule has 0 fully saturated rings. The highest BCUT2D eigenvalue weighted by atomic mass is 15.3. The molecule has 1 aromatic carbocycles. The lowest BCUT2D eigenvalue weighted by Gasteiger charge is -2.26. The Balaban J connectivity index is 1.83. The summed E-state index contributed by atoms with van der Waals surface area (Å²) >= 11 is 0. The first kappa shape index (κ1) is 13.3. The van der Waals surface area contributed by atoms with Crippen LogP contribution in [0.15, 0.2) is 30.6 Å². The molecule has 0 saturated carbocycles. The topological polar surface area (TPSA) is 56.7 Å². The maximum Gasteiger partial charge on any atom is 0.138 e. The number of nitrogens with zero attached hydrogens (tertiary/aromatic N) is 3. The summed E-state index contributed by atoms with van der Waals surface area (Å²) < 4.78 is 2.03. The van der Waals surface area contributed by atoms with Crippen LogP contribution in [0.3, 0.4) is 0 Å². The van der Waals surface area contributed by atoms with Crippen molar-refractivity contribution in [1.29, 1.82) is 0 Å². The van der Waals surface area contributed by atoms with Crippen molar-refractivity contribution in [2.24, 2.45) is 11.1 Å². The minimum absolute atomic E-state index is 0.113. The van der Waals surface area contributed by atoms with Crippen molar-refractivity contribution in [2.45, 2.75) is 39.2 Å². The van der Waals surface area contributed by atoms with Crippen LogP contribution in [-0.2, 0) is 25.8 Å². The Morgan fingerprint density at radius 2 is 1.95 bits per heavy atom. The maximum atomic E-state index is 6.13. The zero-order valence-corrected chi connectivity index (χ0v) is 12.0. The van der Waals surface area contributed by atoms with Gasteiger partial charge in [0.2, 0.25) is 0 Å². The molecule has 20 heavy (non-hydrogen) atoms. The fourth-order valence-electron chi connectivity index (χ4n) is 3.27. The van der Waals surface area contributed by atoms with E-state index >= 15 is 0 Å². The molecule has 0 bridgehead atoms. The number of hydrogen-bond donors (Lipinski definition) is 1. The van der Waals surface area contributed by atoms with Crippen molar-refractivity contribution < 1.29 is 0 Å². The third kappa shape index (κ3) is 2.36. The van der Waals surface area contributed by atoms with Crippen LogP contribution in [0.1, 0.15) is 30.3 Å². The molecule has 0 amide bonds. The summed E-state index contributed by atoms with van der Waals surface area (Å²) in [6, 6.07) is 8.68. The van der Waals surface area contributed by atoms with Gasteiger partial charge in [0.15, 0.2) is 0 Å². The van der Waals surface area contributed by atoms with E-state index in [2.05, 4.69) is 41.3 Å². The summed E-state index contributed by atoms with van der Waals surface area (Å²) in [5.41, 5.74) is 9.13. The zero-order chi connectivity index (χ0) is 14.0. The van der Waals surface area contributed by atoms with Crippen LogP contribution in [0.2, 0.25) is 0 Å². The molecule has 0 radical (unpaired) electrons. The molecule has 3 rings (SSSR count). The molecule has 106 valence electrons. The van der Waals surface area contributed by atoms with Crippen LogP contribution >= 0.6 is 0 Å². The van der Waals surface area contributed by atoms with Crippen molar-refractivity contribution in [3.05, 3.63) is 47.5 Å². The van der Waals surface area contributed by atoms with Crippen LogP contribution in [0.25, 0.3) is 0 Å². The molecule has 1 aromatic heterocycles. The van der Waals surface area contributed by atoms with E-state index in [1.807, 2.05) is 4.68 Å². The summed E-state index contributed by atoms with van der Waals surface area (Å²) in [7, 11) is 0. The molecule has 2 N–H and O–H groups in total. The van der Waals surface area contributed by atoms with Gasteiger partial charge in [0, 0.05) is 13.0 Å². The summed E-state index contributed by atoms with van der Waals surface area (Å²) in [5.74, 6) is 1.07. The SMILES string of the molecule is CCCn1ncnc1CC1(CN)Cc2ccccc2C1. The van der Waals surface area contributed by atoms with E-state index in [1.165, 1.54) is 11.1 Å². The van der Waals surface area contributed by atoms with Crippen molar-refractivity contribution in [2.75, 3.05) is 6.54 Å². The second-order valence-electron chi connectivity index (χ2n) is 5.90. The van der Waals surface area contributed by atoms with Gasteiger partial charge in [-0.1, -0.05) is 31.2 Å². The normalized spacial score (nSPS) is 16.3. The van der Waals surface area contributed by atoms with E-state index in [0.717, 1.165) is 38.1 Å². The molecule has 4 heteroatoms. The van der Waals surface area contributed by atoms with Gasteiger partial charge in [-0.2, -0.15) is 5.10 Å². The zero-order valence-electron chi connectivity index (χ0n) is 12.0. The van der Waals surface area contributed by atoms with E-state index in [9.17, 15) is 0 Å². The average molecular weight is 270 g/mol. The van der Waals surface area contributed by atoms with E-state index in [1.54, 1.807) is 6.33 Å². The third-order valence-electron chi connectivity index (χ3n) is 4.35. The molecular formula is C16H22N4. The summed E-state index contributed by atoms with van der Waals surface area (Å²) in [5, 5.41) is 4.33. The van der Waals surface area contributed by atoms with Crippen molar-refractivity contribution >= 4 is 0 Å². The largest absolute Gasteiger partial charge is 0.330 e. The standard InChI is InChI=1S/C16H22N4/c1-2-7-20-15(18-12-19-20)10-16(11-17)8-13-5-3-4-6-14(13)9-16/h3-6,12H,2,7-11,17H2,1H3. The molecule has 1 aliphatic rings. The van der Waals surface area contributed by atoms with Gasteiger partial charge in [0.05, 0.1) is 0 Å². The highest BCUT2D eigenvalue weighted by molar-refractivity contribution is 5.35. The Labute approximate surface area is 120 Å². The molecule has 1 heterocycles. The van der Waals surface area contributed by atoms with Crippen LogP contribution in [0.5, 0.6) is 0 Å². The Morgan fingerprint density at radius 3 is 2.55 bits per heavy atom. The first-order valence-corrected chi connectivity index (χ1v) is 7.40. The molecule has 0 unspecified atom stereocenters. The van der Waals surface area contributed by atoms with Gasteiger partial charge in [-0.05, 0) is 42.3 Å². The van der Waals surface area contributed by atoms with Crippen molar-refractivity contribution in [3.8, 4) is 0 Å². The number of nitrogens with two attached hydrogens (primary N) is 1. The van der Waals surface area contributed by atoms with Gasteiger partial charge in [0.25, 0.3) is 0 Å². The second kappa shape index (κ2) is 5.37. The van der Waals surface area contributed by atoms with Crippen LogP contribution in [-0.4, -0.2) is 21.3 Å². The fraction of sp³-hybridized carbons (Fsp3) is 0.500. The molecule has 0 aliphatic heterocycles. The smallest absolute Gasteiger partial charge is 0.138 e. The van der Waals surface area contributed by atoms with E-state index in [4.69, 9.17) is 5.73 Å². The van der Waals surface area contributed by atoms with E-state index in [-0.39, 0.29) is 5.41 Å². The van der Waals surface area contributed by atoms with E-state index < -0.39 is 0 Å². The number of aryl methyl sites for hydroxylation is 1. The van der Waals surface area contributed by atoms with Gasteiger partial charge in [0.1, 0.15) is 12.2 Å². The molecule has 4 nitrogen and oxygen atoms in total. The van der Waals surface area contributed by atoms with Gasteiger partial charge >= 0.3 is 0 Å². The number of fused-ring (bicyclic) bond motifs is 1. The van der Waals surface area contributed by atoms with Crippen LogP contribution in [0.4, 0.5) is 0 Å². The summed E-state index contributed by atoms with van der Waals surface area (Å²) in [4.78, 5) is 4.45. The Morgan fingerprint density at radius 1 is 1.25 bits per heavy atom. The van der Waals surface area contributed by atoms with Crippen molar-refractivity contribution in [1.82, 2.24) is 14.8 Å². The van der Waals surface area contributed by atoms with E-state index in [0.29, 0.717) is 6.54 Å². The molecule has 0 saturated heterocycles. The molecular weight excluding hydrogens is 248 g/mol. The summed E-state index contributed by atoms with van der Waals surface area (Å²) in [6.45, 7) is 3.79. The molecule has 1 aliphatic carbocycles. The van der Waals surface area contributed by atoms with Crippen molar-refractivity contribution in [3.63, 3.8) is 0 Å². The monoisotopic (exact) mass is 270 g/mol. The predicted octanol–water partition coefficient (Wildman–Crippen LogP) is 1.97. The maximum absolute atomic E-state index is 6.13. The Kier molecular flexibility index (Phi) is 3.57. The quantitative estimate of drug-likeness (QED) is 0.903. The molecule has 0 spiro atoms. The molecule has 0 atom stereocenters. The van der Waals surface area contributed by atoms with Gasteiger partial charge in [-0.15, -0.1) is 0 Å². The van der Waals surface area contributed by atoms with Crippen LogP contribution in [0, 0.1) is 5.41 Å². The first-order valence-electron chi connectivity index (χ1n) is 7.40. The highest BCUT2D eigenvalue weighted by Gasteiger charge is 2.37.